The number of methoxy groups -OCH3 is 1. The molecule has 0 radical (unpaired) electrons. The van der Waals surface area contributed by atoms with Crippen molar-refractivity contribution in [3.63, 3.8) is 0 Å². The van der Waals surface area contributed by atoms with E-state index in [0.29, 0.717) is 5.56 Å². The van der Waals surface area contributed by atoms with Gasteiger partial charge in [0.15, 0.2) is 5.78 Å². The number of rotatable bonds is 4. The van der Waals surface area contributed by atoms with Gasteiger partial charge in [0.2, 0.25) is 0 Å². The maximum atomic E-state index is 12.7. The maximum absolute atomic E-state index is 12.7. The highest BCUT2D eigenvalue weighted by molar-refractivity contribution is 5.98. The number of carbonyl (C=O) groups is 2. The first kappa shape index (κ1) is 12.4. The molecule has 86 valence electrons. The van der Waals surface area contributed by atoms with Gasteiger partial charge in [-0.2, -0.15) is 0 Å². The van der Waals surface area contributed by atoms with Crippen molar-refractivity contribution in [2.75, 3.05) is 7.11 Å². The average molecular weight is 224 g/mol. The fourth-order valence-electron chi connectivity index (χ4n) is 1.30. The molecule has 0 saturated carbocycles. The Morgan fingerprint density at radius 1 is 1.31 bits per heavy atom. The molecule has 1 atom stereocenters. The third-order valence-corrected chi connectivity index (χ3v) is 2.40. The van der Waals surface area contributed by atoms with Crippen LogP contribution in [0.5, 0.6) is 0 Å². The zero-order valence-electron chi connectivity index (χ0n) is 9.20. The Bertz CT molecular complexity index is 384. The molecule has 0 amide bonds. The summed E-state index contributed by atoms with van der Waals surface area (Å²) in [6.07, 6.45) is -0.255. The van der Waals surface area contributed by atoms with Crippen molar-refractivity contribution in [3.05, 3.63) is 35.6 Å². The smallest absolute Gasteiger partial charge is 0.313 e. The number of hydrogen-bond acceptors (Lipinski definition) is 3. The van der Waals surface area contributed by atoms with Crippen LogP contribution in [-0.4, -0.2) is 18.9 Å². The van der Waals surface area contributed by atoms with E-state index in [9.17, 15) is 14.0 Å². The summed E-state index contributed by atoms with van der Waals surface area (Å²) < 4.78 is 17.1. The lowest BCUT2D eigenvalue weighted by molar-refractivity contribution is -0.143. The van der Waals surface area contributed by atoms with Crippen molar-refractivity contribution in [2.24, 2.45) is 0 Å². The molecule has 1 unspecified atom stereocenters. The third kappa shape index (κ3) is 3.15. The van der Waals surface area contributed by atoms with Crippen LogP contribution < -0.4 is 0 Å². The minimum atomic E-state index is -0.557. The predicted octanol–water partition coefficient (Wildman–Crippen LogP) is 2.06. The average Bonchev–Trinajstić information content (AvgIpc) is 2.28. The first-order valence-corrected chi connectivity index (χ1v) is 4.89. The fourth-order valence-corrected chi connectivity index (χ4v) is 1.30. The summed E-state index contributed by atoms with van der Waals surface area (Å²) in [4.78, 5) is 22.5. The summed E-state index contributed by atoms with van der Waals surface area (Å²) in [5.41, 5.74) is 0.690. The molecule has 0 spiro atoms. The third-order valence-electron chi connectivity index (χ3n) is 2.40. The van der Waals surface area contributed by atoms with Gasteiger partial charge >= 0.3 is 5.97 Å². The standard InChI is InChI=1S/C12H13FO3/c1-8(11(14)7-12(15)16-2)9-3-5-10(13)6-4-9/h3-6,8H,7H2,1-2H3. The van der Waals surface area contributed by atoms with Gasteiger partial charge in [0.1, 0.15) is 12.2 Å². The summed E-state index contributed by atoms with van der Waals surface area (Å²) in [7, 11) is 1.23. The van der Waals surface area contributed by atoms with Gasteiger partial charge in [-0.3, -0.25) is 9.59 Å². The summed E-state index contributed by atoms with van der Waals surface area (Å²) in [5, 5.41) is 0. The van der Waals surface area contributed by atoms with E-state index in [-0.39, 0.29) is 18.0 Å². The normalized spacial score (nSPS) is 11.9. The van der Waals surface area contributed by atoms with Crippen LogP contribution in [-0.2, 0) is 14.3 Å². The molecule has 0 aromatic heterocycles. The van der Waals surface area contributed by atoms with Gasteiger partial charge in [-0.25, -0.2) is 4.39 Å². The summed E-state index contributed by atoms with van der Waals surface area (Å²) in [6, 6.07) is 5.65. The van der Waals surface area contributed by atoms with E-state index >= 15 is 0 Å². The lowest BCUT2D eigenvalue weighted by Gasteiger charge is -2.09. The fraction of sp³-hybridized carbons (Fsp3) is 0.333. The number of carbonyl (C=O) groups excluding carboxylic acids is 2. The Kier molecular flexibility index (Phi) is 4.17. The van der Waals surface area contributed by atoms with Crippen molar-refractivity contribution in [3.8, 4) is 0 Å². The lowest BCUT2D eigenvalue weighted by Crippen LogP contribution is -2.15. The number of benzene rings is 1. The molecular formula is C12H13FO3. The Morgan fingerprint density at radius 2 is 1.88 bits per heavy atom. The highest BCUT2D eigenvalue weighted by Crippen LogP contribution is 2.18. The molecule has 16 heavy (non-hydrogen) atoms. The molecule has 0 heterocycles. The molecule has 0 N–H and O–H groups in total. The number of halogens is 1. The molecule has 4 heteroatoms. The van der Waals surface area contributed by atoms with Crippen molar-refractivity contribution in [1.82, 2.24) is 0 Å². The van der Waals surface area contributed by atoms with Gasteiger partial charge < -0.3 is 4.74 Å². The van der Waals surface area contributed by atoms with Gasteiger partial charge in [-0.15, -0.1) is 0 Å². The molecule has 0 aliphatic carbocycles. The van der Waals surface area contributed by atoms with Crippen molar-refractivity contribution < 1.29 is 18.7 Å². The molecule has 0 aliphatic rings. The van der Waals surface area contributed by atoms with Gasteiger partial charge in [0.25, 0.3) is 0 Å². The zero-order chi connectivity index (χ0) is 12.1. The Hall–Kier alpha value is -1.71. The van der Waals surface area contributed by atoms with Crippen LogP contribution >= 0.6 is 0 Å². The number of esters is 1. The lowest BCUT2D eigenvalue weighted by atomic mass is 9.95. The summed E-state index contributed by atoms with van der Waals surface area (Å²) in [6.45, 7) is 1.68. The number of Topliss-reactive ketones (excluding diaryl/α,β-unsaturated/α-hetero) is 1. The monoisotopic (exact) mass is 224 g/mol. The molecular weight excluding hydrogens is 211 g/mol. The number of hydrogen-bond donors (Lipinski definition) is 0. The van der Waals surface area contributed by atoms with Crippen LogP contribution in [0.15, 0.2) is 24.3 Å². The molecule has 0 fully saturated rings. The van der Waals surface area contributed by atoms with E-state index in [1.54, 1.807) is 6.92 Å². The van der Waals surface area contributed by atoms with Crippen LogP contribution in [0.4, 0.5) is 4.39 Å². The van der Waals surface area contributed by atoms with E-state index < -0.39 is 11.9 Å². The maximum Gasteiger partial charge on any atom is 0.313 e. The molecule has 0 saturated heterocycles. The molecule has 3 nitrogen and oxygen atoms in total. The first-order valence-electron chi connectivity index (χ1n) is 4.89. The van der Waals surface area contributed by atoms with Crippen LogP contribution in [0.3, 0.4) is 0 Å². The van der Waals surface area contributed by atoms with Gasteiger partial charge in [-0.1, -0.05) is 19.1 Å². The number of ketones is 1. The zero-order valence-corrected chi connectivity index (χ0v) is 9.20. The van der Waals surface area contributed by atoms with Crippen LogP contribution in [0.25, 0.3) is 0 Å². The Labute approximate surface area is 93.2 Å². The van der Waals surface area contributed by atoms with E-state index in [4.69, 9.17) is 0 Å². The van der Waals surface area contributed by atoms with E-state index in [2.05, 4.69) is 4.74 Å². The van der Waals surface area contributed by atoms with Crippen LogP contribution in [0, 0.1) is 5.82 Å². The van der Waals surface area contributed by atoms with Gasteiger partial charge in [-0.05, 0) is 17.7 Å². The second-order valence-electron chi connectivity index (χ2n) is 3.49. The van der Waals surface area contributed by atoms with Crippen molar-refractivity contribution in [1.29, 1.82) is 0 Å². The molecule has 0 bridgehead atoms. The van der Waals surface area contributed by atoms with Gasteiger partial charge in [0.05, 0.1) is 7.11 Å². The van der Waals surface area contributed by atoms with E-state index in [0.717, 1.165) is 0 Å². The minimum Gasteiger partial charge on any atom is -0.469 e. The first-order chi connectivity index (χ1) is 7.54. The number of ether oxygens (including phenoxy) is 1. The Balaban J connectivity index is 2.70. The highest BCUT2D eigenvalue weighted by Gasteiger charge is 2.18. The van der Waals surface area contributed by atoms with E-state index in [1.165, 1.54) is 31.4 Å². The Morgan fingerprint density at radius 3 is 2.38 bits per heavy atom. The molecule has 1 rings (SSSR count). The van der Waals surface area contributed by atoms with Crippen molar-refractivity contribution >= 4 is 11.8 Å². The topological polar surface area (TPSA) is 43.4 Å². The largest absolute Gasteiger partial charge is 0.469 e. The second kappa shape index (κ2) is 5.39. The van der Waals surface area contributed by atoms with E-state index in [1.807, 2.05) is 0 Å². The highest BCUT2D eigenvalue weighted by atomic mass is 19.1. The summed E-state index contributed by atoms with van der Waals surface area (Å²) in [5.74, 6) is -1.58. The quantitative estimate of drug-likeness (QED) is 0.580. The molecule has 1 aromatic carbocycles. The minimum absolute atomic E-state index is 0.238. The van der Waals surface area contributed by atoms with Crippen LogP contribution in [0.1, 0.15) is 24.8 Å². The molecule has 0 aliphatic heterocycles. The van der Waals surface area contributed by atoms with Gasteiger partial charge in [0, 0.05) is 5.92 Å². The predicted molar refractivity (Wildman–Crippen MR) is 56.5 cm³/mol. The molecule has 1 aromatic rings. The summed E-state index contributed by atoms with van der Waals surface area (Å²) >= 11 is 0. The van der Waals surface area contributed by atoms with Crippen LogP contribution in [0.2, 0.25) is 0 Å². The second-order valence-corrected chi connectivity index (χ2v) is 3.49. The SMILES string of the molecule is COC(=O)CC(=O)C(C)c1ccc(F)cc1. The van der Waals surface area contributed by atoms with Crippen molar-refractivity contribution in [2.45, 2.75) is 19.3 Å².